The fraction of sp³-hybridized carbons (Fsp3) is 0.619. The summed E-state index contributed by atoms with van der Waals surface area (Å²) >= 11 is 0. The zero-order valence-electron chi connectivity index (χ0n) is 17.5. The van der Waals surface area contributed by atoms with E-state index in [-0.39, 0.29) is 41.8 Å². The summed E-state index contributed by atoms with van der Waals surface area (Å²) in [6.07, 6.45) is 4.28. The van der Waals surface area contributed by atoms with Gasteiger partial charge >= 0.3 is 5.97 Å². The maximum atomic E-state index is 14.3. The van der Waals surface area contributed by atoms with E-state index in [4.69, 9.17) is 4.74 Å². The number of aliphatic imine (C=N–C) groups is 1. The predicted molar refractivity (Wildman–Crippen MR) is 123 cm³/mol. The van der Waals surface area contributed by atoms with Gasteiger partial charge < -0.3 is 20.1 Å². The summed E-state index contributed by atoms with van der Waals surface area (Å²) in [6.45, 7) is 5.87. The number of hydrogen-bond acceptors (Lipinski definition) is 4. The second kappa shape index (κ2) is 13.6. The van der Waals surface area contributed by atoms with E-state index in [1.807, 2.05) is 19.9 Å². The van der Waals surface area contributed by atoms with Crippen molar-refractivity contribution in [3.05, 3.63) is 29.6 Å². The molecule has 0 spiro atoms. The number of ether oxygens (including phenoxy) is 2. The first kappa shape index (κ1) is 25.5. The van der Waals surface area contributed by atoms with Gasteiger partial charge in [0.2, 0.25) is 0 Å². The van der Waals surface area contributed by atoms with Crippen LogP contribution < -0.4 is 15.4 Å². The molecule has 164 valence electrons. The molecule has 8 heteroatoms. The number of carbonyl (C=O) groups excluding carboxylic acids is 1. The van der Waals surface area contributed by atoms with Crippen molar-refractivity contribution in [2.75, 3.05) is 26.8 Å². The standard InChI is InChI=1S/C21H32FN3O3.HI/c1-4-23-21(24-12-6-5-7-20(26)27-3)25-15(2)17-10-11-19(18(22)13-17)28-14-16-8-9-16;/h10-11,13,15-16H,4-9,12,14H2,1-3H3,(H2,23,24,25);1H. The van der Waals surface area contributed by atoms with Gasteiger partial charge in [-0.15, -0.1) is 24.0 Å². The lowest BCUT2D eigenvalue weighted by Crippen LogP contribution is -2.38. The Hall–Kier alpha value is -1.58. The summed E-state index contributed by atoms with van der Waals surface area (Å²) in [7, 11) is 1.39. The molecular formula is C21H33FIN3O3. The summed E-state index contributed by atoms with van der Waals surface area (Å²) in [5, 5.41) is 6.48. The van der Waals surface area contributed by atoms with Gasteiger partial charge in [0.15, 0.2) is 17.5 Å². The molecule has 2 rings (SSSR count). The minimum Gasteiger partial charge on any atom is -0.490 e. The number of nitrogens with zero attached hydrogens (tertiary/aromatic N) is 1. The van der Waals surface area contributed by atoms with Crippen LogP contribution in [0.3, 0.4) is 0 Å². The number of methoxy groups -OCH3 is 1. The van der Waals surface area contributed by atoms with Crippen molar-refractivity contribution < 1.29 is 18.7 Å². The number of guanidine groups is 1. The van der Waals surface area contributed by atoms with Gasteiger partial charge in [-0.3, -0.25) is 9.79 Å². The van der Waals surface area contributed by atoms with Crippen LogP contribution >= 0.6 is 24.0 Å². The van der Waals surface area contributed by atoms with Crippen molar-refractivity contribution in [3.63, 3.8) is 0 Å². The molecule has 0 bridgehead atoms. The molecule has 1 atom stereocenters. The average Bonchev–Trinajstić information content (AvgIpc) is 3.51. The topological polar surface area (TPSA) is 72.0 Å². The number of nitrogens with one attached hydrogen (secondary N) is 2. The van der Waals surface area contributed by atoms with Crippen LogP contribution in [0.25, 0.3) is 0 Å². The molecule has 0 saturated heterocycles. The molecule has 1 saturated carbocycles. The molecule has 0 heterocycles. The molecule has 1 aromatic rings. The number of esters is 1. The van der Waals surface area contributed by atoms with Crippen molar-refractivity contribution in [3.8, 4) is 5.75 Å². The van der Waals surface area contributed by atoms with Crippen molar-refractivity contribution in [1.29, 1.82) is 0 Å². The molecule has 0 aromatic heterocycles. The van der Waals surface area contributed by atoms with Crippen LogP contribution in [0, 0.1) is 11.7 Å². The Kier molecular flexibility index (Phi) is 11.9. The zero-order valence-corrected chi connectivity index (χ0v) is 19.8. The zero-order chi connectivity index (χ0) is 20.4. The molecule has 1 aliphatic carbocycles. The largest absolute Gasteiger partial charge is 0.490 e. The van der Waals surface area contributed by atoms with E-state index in [1.54, 1.807) is 6.07 Å². The summed E-state index contributed by atoms with van der Waals surface area (Å²) in [5.41, 5.74) is 0.826. The van der Waals surface area contributed by atoms with E-state index >= 15 is 0 Å². The monoisotopic (exact) mass is 521 g/mol. The van der Waals surface area contributed by atoms with E-state index in [2.05, 4.69) is 20.4 Å². The predicted octanol–water partition coefficient (Wildman–Crippen LogP) is 4.19. The quantitative estimate of drug-likeness (QED) is 0.150. The minimum atomic E-state index is -0.337. The van der Waals surface area contributed by atoms with E-state index in [0.29, 0.717) is 37.2 Å². The van der Waals surface area contributed by atoms with Gasteiger partial charge in [-0.25, -0.2) is 4.39 Å². The van der Waals surface area contributed by atoms with Crippen LogP contribution in [-0.2, 0) is 9.53 Å². The van der Waals surface area contributed by atoms with Crippen LogP contribution in [0.2, 0.25) is 0 Å². The van der Waals surface area contributed by atoms with Gasteiger partial charge in [-0.1, -0.05) is 6.07 Å². The van der Waals surface area contributed by atoms with Gasteiger partial charge in [0.05, 0.1) is 19.8 Å². The fourth-order valence-corrected chi connectivity index (χ4v) is 2.68. The Morgan fingerprint density at radius 1 is 1.34 bits per heavy atom. The van der Waals surface area contributed by atoms with Gasteiger partial charge in [-0.2, -0.15) is 0 Å². The molecule has 1 aliphatic rings. The second-order valence-corrected chi connectivity index (χ2v) is 7.10. The SMILES string of the molecule is CCNC(=NCCCCC(=O)OC)NC(C)c1ccc(OCC2CC2)c(F)c1.I. The van der Waals surface area contributed by atoms with Crippen LogP contribution in [0.4, 0.5) is 4.39 Å². The molecule has 0 aliphatic heterocycles. The molecule has 2 N–H and O–H groups in total. The Balaban J connectivity index is 0.00000420. The van der Waals surface area contributed by atoms with Crippen LogP contribution in [0.1, 0.15) is 57.6 Å². The Labute approximate surface area is 190 Å². The van der Waals surface area contributed by atoms with Crippen molar-refractivity contribution in [1.82, 2.24) is 10.6 Å². The molecule has 0 radical (unpaired) electrons. The molecule has 1 fully saturated rings. The summed E-state index contributed by atoms with van der Waals surface area (Å²) in [5.74, 6) is 1.04. The fourth-order valence-electron chi connectivity index (χ4n) is 2.68. The maximum Gasteiger partial charge on any atom is 0.305 e. The van der Waals surface area contributed by atoms with E-state index in [0.717, 1.165) is 24.9 Å². The lowest BCUT2D eigenvalue weighted by Gasteiger charge is -2.19. The van der Waals surface area contributed by atoms with E-state index in [1.165, 1.54) is 26.0 Å². The van der Waals surface area contributed by atoms with Crippen molar-refractivity contribution in [2.45, 2.75) is 52.0 Å². The first-order valence-corrected chi connectivity index (χ1v) is 10.1. The minimum absolute atomic E-state index is 0. The molecule has 6 nitrogen and oxygen atoms in total. The highest BCUT2D eigenvalue weighted by Gasteiger charge is 2.22. The molecule has 0 amide bonds. The molecular weight excluding hydrogens is 488 g/mol. The molecule has 29 heavy (non-hydrogen) atoms. The number of carbonyl (C=O) groups is 1. The van der Waals surface area contributed by atoms with E-state index < -0.39 is 0 Å². The number of halogens is 2. The number of benzene rings is 1. The number of unbranched alkanes of at least 4 members (excludes halogenated alkanes) is 1. The highest BCUT2D eigenvalue weighted by Crippen LogP contribution is 2.30. The van der Waals surface area contributed by atoms with E-state index in [9.17, 15) is 9.18 Å². The van der Waals surface area contributed by atoms with Crippen molar-refractivity contribution in [2.24, 2.45) is 10.9 Å². The van der Waals surface area contributed by atoms with Gasteiger partial charge in [0, 0.05) is 19.5 Å². The molecule has 1 aromatic carbocycles. The summed E-state index contributed by atoms with van der Waals surface area (Å²) in [4.78, 5) is 15.6. The first-order chi connectivity index (χ1) is 13.5. The summed E-state index contributed by atoms with van der Waals surface area (Å²) < 4.78 is 24.5. The summed E-state index contributed by atoms with van der Waals surface area (Å²) in [6, 6.07) is 4.98. The lowest BCUT2D eigenvalue weighted by atomic mass is 10.1. The van der Waals surface area contributed by atoms with Crippen molar-refractivity contribution >= 4 is 35.9 Å². The highest BCUT2D eigenvalue weighted by atomic mass is 127. The smallest absolute Gasteiger partial charge is 0.305 e. The third kappa shape index (κ3) is 9.64. The van der Waals surface area contributed by atoms with Crippen LogP contribution in [0.15, 0.2) is 23.2 Å². The van der Waals surface area contributed by atoms with Gasteiger partial charge in [0.1, 0.15) is 0 Å². The maximum absolute atomic E-state index is 14.3. The van der Waals surface area contributed by atoms with Crippen LogP contribution in [-0.4, -0.2) is 38.7 Å². The Morgan fingerprint density at radius 2 is 2.10 bits per heavy atom. The van der Waals surface area contributed by atoms with Gasteiger partial charge in [0.25, 0.3) is 0 Å². The first-order valence-electron chi connectivity index (χ1n) is 10.1. The average molecular weight is 521 g/mol. The normalized spacial score (nSPS) is 14.6. The Morgan fingerprint density at radius 3 is 2.72 bits per heavy atom. The highest BCUT2D eigenvalue weighted by molar-refractivity contribution is 14.0. The van der Waals surface area contributed by atoms with Gasteiger partial charge in [-0.05, 0) is 63.1 Å². The third-order valence-corrected chi connectivity index (χ3v) is 4.61. The molecule has 1 unspecified atom stereocenters. The number of hydrogen-bond donors (Lipinski definition) is 2. The Bertz CT molecular complexity index is 669. The van der Waals surface area contributed by atoms with Crippen LogP contribution in [0.5, 0.6) is 5.75 Å². The lowest BCUT2D eigenvalue weighted by molar-refractivity contribution is -0.140. The number of rotatable bonds is 11. The third-order valence-electron chi connectivity index (χ3n) is 4.61. The second-order valence-electron chi connectivity index (χ2n) is 7.10.